The number of rotatable bonds is 5. The van der Waals surface area contributed by atoms with Gasteiger partial charge in [0.1, 0.15) is 11.5 Å². The van der Waals surface area contributed by atoms with Gasteiger partial charge in [-0.15, -0.1) is 11.3 Å². The molecule has 2 N–H and O–H groups in total. The van der Waals surface area contributed by atoms with Crippen molar-refractivity contribution in [2.24, 2.45) is 0 Å². The summed E-state index contributed by atoms with van der Waals surface area (Å²) in [5.41, 5.74) is 2.08. The number of benzene rings is 2. The van der Waals surface area contributed by atoms with Gasteiger partial charge in [0.05, 0.1) is 11.4 Å². The molecule has 1 unspecified atom stereocenters. The summed E-state index contributed by atoms with van der Waals surface area (Å²) in [5.74, 6) is 0.656. The minimum absolute atomic E-state index is 0.142. The van der Waals surface area contributed by atoms with E-state index in [0.717, 1.165) is 5.56 Å². The van der Waals surface area contributed by atoms with Gasteiger partial charge in [-0.2, -0.15) is 0 Å². The first kappa shape index (κ1) is 19.2. The summed E-state index contributed by atoms with van der Waals surface area (Å²) in [6.07, 6.45) is -0.524. The lowest BCUT2D eigenvalue weighted by Gasteiger charge is -2.23. The van der Waals surface area contributed by atoms with Gasteiger partial charge in [-0.25, -0.2) is 4.98 Å². The second kappa shape index (κ2) is 8.10. The van der Waals surface area contributed by atoms with E-state index in [1.807, 2.05) is 11.4 Å². The molecule has 9 heteroatoms. The zero-order valence-electron chi connectivity index (χ0n) is 15.3. The summed E-state index contributed by atoms with van der Waals surface area (Å²) in [7, 11) is 0. The monoisotopic (exact) mass is 429 g/mol. The van der Waals surface area contributed by atoms with Gasteiger partial charge in [0.2, 0.25) is 0 Å². The maximum atomic E-state index is 12.1. The van der Waals surface area contributed by atoms with Gasteiger partial charge in [-0.1, -0.05) is 11.6 Å². The molecule has 2 heterocycles. The first-order valence-electron chi connectivity index (χ1n) is 8.73. The quantitative estimate of drug-likeness (QED) is 0.634. The number of anilines is 2. The van der Waals surface area contributed by atoms with E-state index < -0.39 is 6.10 Å². The molecule has 0 fully saturated rings. The molecule has 4 rings (SSSR count). The van der Waals surface area contributed by atoms with Crippen LogP contribution in [0.4, 0.5) is 10.8 Å². The maximum absolute atomic E-state index is 12.1. The third-order valence-corrected chi connectivity index (χ3v) is 5.15. The number of ether oxygens (including phenoxy) is 2. The number of thiazole rings is 1. The highest BCUT2D eigenvalue weighted by atomic mass is 35.5. The van der Waals surface area contributed by atoms with Gasteiger partial charge in [0.15, 0.2) is 17.8 Å². The summed E-state index contributed by atoms with van der Waals surface area (Å²) < 4.78 is 11.0. The van der Waals surface area contributed by atoms with E-state index in [1.165, 1.54) is 11.3 Å². The Morgan fingerprint density at radius 2 is 2.10 bits per heavy atom. The number of amides is 2. The lowest BCUT2D eigenvalue weighted by Crippen LogP contribution is -2.34. The molecule has 1 aliphatic heterocycles. The van der Waals surface area contributed by atoms with Gasteiger partial charge >= 0.3 is 0 Å². The predicted molar refractivity (Wildman–Crippen MR) is 112 cm³/mol. The lowest BCUT2D eigenvalue weighted by molar-refractivity contribution is -0.122. The Bertz CT molecular complexity index is 1070. The number of carbonyl (C=O) groups is 2. The molecule has 3 aromatic rings. The van der Waals surface area contributed by atoms with Gasteiger partial charge in [0, 0.05) is 16.0 Å². The Balaban J connectivity index is 1.39. The van der Waals surface area contributed by atoms with Crippen LogP contribution >= 0.6 is 22.9 Å². The molecule has 1 aliphatic rings. The maximum Gasteiger partial charge on any atom is 0.265 e. The first-order chi connectivity index (χ1) is 14.0. The second-order valence-electron chi connectivity index (χ2n) is 6.29. The number of aromatic nitrogens is 1. The Morgan fingerprint density at radius 3 is 2.90 bits per heavy atom. The standard InChI is InChI=1S/C20H16ClN3O4S/c1-11-19(26)22-15-8-12(2-7-17(15)28-11)16-10-29-20(23-16)24-18(25)9-27-14-5-3-13(21)4-6-14/h2-8,10-11H,9H2,1H3,(H,22,26)(H,23,24,25). The molecule has 148 valence electrons. The van der Waals surface area contributed by atoms with Crippen LogP contribution in [0.2, 0.25) is 5.02 Å². The Labute approximate surface area is 175 Å². The fourth-order valence-corrected chi connectivity index (χ4v) is 3.53. The van der Waals surface area contributed by atoms with E-state index in [2.05, 4.69) is 15.6 Å². The predicted octanol–water partition coefficient (Wildman–Crippen LogP) is 4.20. The number of nitrogens with one attached hydrogen (secondary N) is 2. The van der Waals surface area contributed by atoms with Crippen molar-refractivity contribution in [3.8, 4) is 22.8 Å². The molecular formula is C20H16ClN3O4S. The summed E-state index contributed by atoms with van der Waals surface area (Å²) in [5, 5.41) is 8.40. The van der Waals surface area contributed by atoms with Crippen molar-refractivity contribution >= 4 is 45.6 Å². The fraction of sp³-hybridized carbons (Fsp3) is 0.150. The van der Waals surface area contributed by atoms with E-state index in [4.69, 9.17) is 21.1 Å². The Morgan fingerprint density at radius 1 is 1.31 bits per heavy atom. The third-order valence-electron chi connectivity index (χ3n) is 4.14. The molecule has 7 nitrogen and oxygen atoms in total. The molecule has 0 bridgehead atoms. The molecule has 2 aromatic carbocycles. The SMILES string of the molecule is CC1Oc2ccc(-c3csc(NC(=O)COc4ccc(Cl)cc4)n3)cc2NC1=O. The fourth-order valence-electron chi connectivity index (χ4n) is 2.67. The molecule has 29 heavy (non-hydrogen) atoms. The number of fused-ring (bicyclic) bond motifs is 1. The molecule has 0 saturated heterocycles. The van der Waals surface area contributed by atoms with Gasteiger partial charge in [-0.3, -0.25) is 14.9 Å². The van der Waals surface area contributed by atoms with Crippen molar-refractivity contribution in [2.75, 3.05) is 17.2 Å². The normalized spacial score (nSPS) is 15.1. The van der Waals surface area contributed by atoms with Crippen molar-refractivity contribution in [3.05, 3.63) is 52.9 Å². The zero-order valence-corrected chi connectivity index (χ0v) is 16.8. The Kier molecular flexibility index (Phi) is 5.37. The number of hydrogen-bond donors (Lipinski definition) is 2. The summed E-state index contributed by atoms with van der Waals surface area (Å²) in [4.78, 5) is 28.3. The highest BCUT2D eigenvalue weighted by Gasteiger charge is 2.24. The summed E-state index contributed by atoms with van der Waals surface area (Å²) in [6.45, 7) is 1.55. The van der Waals surface area contributed by atoms with Crippen molar-refractivity contribution in [1.29, 1.82) is 0 Å². The van der Waals surface area contributed by atoms with E-state index in [9.17, 15) is 9.59 Å². The van der Waals surface area contributed by atoms with E-state index >= 15 is 0 Å². The Hall–Kier alpha value is -3.10. The molecular weight excluding hydrogens is 414 g/mol. The molecule has 1 atom stereocenters. The van der Waals surface area contributed by atoms with Crippen LogP contribution in [-0.2, 0) is 9.59 Å². The van der Waals surface area contributed by atoms with Gasteiger partial charge in [-0.05, 0) is 49.4 Å². The highest BCUT2D eigenvalue weighted by Crippen LogP contribution is 2.34. The van der Waals surface area contributed by atoms with Crippen molar-refractivity contribution in [2.45, 2.75) is 13.0 Å². The summed E-state index contributed by atoms with van der Waals surface area (Å²) in [6, 6.07) is 12.2. The van der Waals surface area contributed by atoms with E-state index in [0.29, 0.717) is 33.0 Å². The van der Waals surface area contributed by atoms with Crippen molar-refractivity contribution < 1.29 is 19.1 Å². The van der Waals surface area contributed by atoms with Crippen molar-refractivity contribution in [1.82, 2.24) is 4.98 Å². The number of hydrogen-bond acceptors (Lipinski definition) is 6. The molecule has 1 aromatic heterocycles. The largest absolute Gasteiger partial charge is 0.484 e. The summed E-state index contributed by atoms with van der Waals surface area (Å²) >= 11 is 7.12. The van der Waals surface area contributed by atoms with Crippen LogP contribution in [0.15, 0.2) is 47.8 Å². The van der Waals surface area contributed by atoms with E-state index in [1.54, 1.807) is 43.3 Å². The molecule has 0 radical (unpaired) electrons. The van der Waals surface area contributed by atoms with Gasteiger partial charge < -0.3 is 14.8 Å². The van der Waals surface area contributed by atoms with Crippen LogP contribution in [0.5, 0.6) is 11.5 Å². The minimum Gasteiger partial charge on any atom is -0.484 e. The average molecular weight is 430 g/mol. The van der Waals surface area contributed by atoms with Crippen LogP contribution in [0.1, 0.15) is 6.92 Å². The number of carbonyl (C=O) groups excluding carboxylic acids is 2. The van der Waals surface area contributed by atoms with Crippen LogP contribution in [0, 0.1) is 0 Å². The van der Waals surface area contributed by atoms with E-state index in [-0.39, 0.29) is 18.4 Å². The lowest BCUT2D eigenvalue weighted by atomic mass is 10.1. The van der Waals surface area contributed by atoms with Crippen LogP contribution in [0.3, 0.4) is 0 Å². The number of nitrogens with zero attached hydrogens (tertiary/aromatic N) is 1. The topological polar surface area (TPSA) is 89.6 Å². The molecule has 0 spiro atoms. The van der Waals surface area contributed by atoms with Crippen molar-refractivity contribution in [3.63, 3.8) is 0 Å². The third kappa shape index (κ3) is 4.49. The molecule has 2 amide bonds. The van der Waals surface area contributed by atoms with Crippen LogP contribution < -0.4 is 20.1 Å². The minimum atomic E-state index is -0.524. The second-order valence-corrected chi connectivity index (χ2v) is 7.58. The zero-order chi connectivity index (χ0) is 20.4. The highest BCUT2D eigenvalue weighted by molar-refractivity contribution is 7.14. The smallest absolute Gasteiger partial charge is 0.265 e. The average Bonchev–Trinajstić information content (AvgIpc) is 3.16. The molecule has 0 aliphatic carbocycles. The number of halogens is 1. The molecule has 0 saturated carbocycles. The van der Waals surface area contributed by atoms with Crippen LogP contribution in [0.25, 0.3) is 11.3 Å². The first-order valence-corrected chi connectivity index (χ1v) is 9.99. The van der Waals surface area contributed by atoms with Crippen LogP contribution in [-0.4, -0.2) is 29.5 Å². The van der Waals surface area contributed by atoms with Gasteiger partial charge in [0.25, 0.3) is 11.8 Å².